The third kappa shape index (κ3) is 2.76. The number of urea groups is 1. The number of piperazine rings is 1. The summed E-state index contributed by atoms with van der Waals surface area (Å²) in [5, 5.41) is 6.43. The second-order valence-corrected chi connectivity index (χ2v) is 6.01. The summed E-state index contributed by atoms with van der Waals surface area (Å²) in [6.07, 6.45) is 0. The lowest BCUT2D eigenvalue weighted by Crippen LogP contribution is -2.52. The number of carbonyl (C=O) groups excluding carboxylic acids is 2. The normalized spacial score (nSPS) is 21.9. The SMILES string of the molecule is C[C@H]1CNCCN1C(=O)c1cc(N2CCNC2=O)ccc1Cl. The first kappa shape index (κ1) is 15.1. The van der Waals surface area contributed by atoms with Crippen molar-refractivity contribution in [2.24, 2.45) is 0 Å². The van der Waals surface area contributed by atoms with Gasteiger partial charge in [0.25, 0.3) is 5.91 Å². The van der Waals surface area contributed by atoms with Gasteiger partial charge in [-0.25, -0.2) is 4.79 Å². The minimum absolute atomic E-state index is 0.0829. The number of halogens is 1. The van der Waals surface area contributed by atoms with Crippen LogP contribution in [0.3, 0.4) is 0 Å². The maximum absolute atomic E-state index is 12.8. The van der Waals surface area contributed by atoms with Crippen LogP contribution in [-0.2, 0) is 0 Å². The van der Waals surface area contributed by atoms with E-state index in [1.54, 1.807) is 23.1 Å². The number of anilines is 1. The second-order valence-electron chi connectivity index (χ2n) is 5.60. The summed E-state index contributed by atoms with van der Waals surface area (Å²) < 4.78 is 0. The van der Waals surface area contributed by atoms with Crippen LogP contribution in [-0.4, -0.2) is 55.6 Å². The van der Waals surface area contributed by atoms with Gasteiger partial charge in [-0.3, -0.25) is 9.69 Å². The van der Waals surface area contributed by atoms with Crippen molar-refractivity contribution in [2.75, 3.05) is 37.6 Å². The van der Waals surface area contributed by atoms with Crippen LogP contribution in [0.2, 0.25) is 5.02 Å². The Hall–Kier alpha value is -1.79. The standard InChI is InChI=1S/C15H19ClN4O2/c1-10-9-17-4-6-19(10)14(21)12-8-11(2-3-13(12)16)20-7-5-18-15(20)22/h2-3,8,10,17H,4-7,9H2,1H3,(H,18,22)/t10-/m0/s1. The smallest absolute Gasteiger partial charge is 0.321 e. The van der Waals surface area contributed by atoms with E-state index in [0.29, 0.717) is 35.9 Å². The molecular weight excluding hydrogens is 304 g/mol. The molecule has 1 aromatic carbocycles. The van der Waals surface area contributed by atoms with E-state index in [2.05, 4.69) is 10.6 Å². The third-order valence-corrected chi connectivity index (χ3v) is 4.44. The fourth-order valence-electron chi connectivity index (χ4n) is 2.86. The minimum atomic E-state index is -0.142. The molecule has 118 valence electrons. The van der Waals surface area contributed by atoms with Crippen molar-refractivity contribution in [3.8, 4) is 0 Å². The van der Waals surface area contributed by atoms with Crippen LogP contribution in [0.15, 0.2) is 18.2 Å². The molecule has 2 aliphatic heterocycles. The van der Waals surface area contributed by atoms with Crippen molar-refractivity contribution in [2.45, 2.75) is 13.0 Å². The summed E-state index contributed by atoms with van der Waals surface area (Å²) in [6.45, 7) is 5.43. The maximum atomic E-state index is 12.8. The van der Waals surface area contributed by atoms with Crippen molar-refractivity contribution in [1.82, 2.24) is 15.5 Å². The van der Waals surface area contributed by atoms with E-state index in [4.69, 9.17) is 11.6 Å². The van der Waals surface area contributed by atoms with Gasteiger partial charge in [-0.1, -0.05) is 11.6 Å². The van der Waals surface area contributed by atoms with Crippen LogP contribution >= 0.6 is 11.6 Å². The molecule has 0 radical (unpaired) electrons. The molecule has 0 aliphatic carbocycles. The fourth-order valence-corrected chi connectivity index (χ4v) is 3.06. The lowest BCUT2D eigenvalue weighted by molar-refractivity contribution is 0.0656. The van der Waals surface area contributed by atoms with Gasteiger partial charge in [0.1, 0.15) is 0 Å². The lowest BCUT2D eigenvalue weighted by atomic mass is 10.1. The molecule has 3 rings (SSSR count). The average molecular weight is 323 g/mol. The van der Waals surface area contributed by atoms with Crippen LogP contribution in [0.25, 0.3) is 0 Å². The maximum Gasteiger partial charge on any atom is 0.321 e. The van der Waals surface area contributed by atoms with E-state index >= 15 is 0 Å². The molecule has 0 bridgehead atoms. The number of benzene rings is 1. The van der Waals surface area contributed by atoms with E-state index in [-0.39, 0.29) is 18.0 Å². The Morgan fingerprint density at radius 2 is 2.14 bits per heavy atom. The molecule has 7 heteroatoms. The summed E-state index contributed by atoms with van der Waals surface area (Å²) >= 11 is 6.22. The second kappa shape index (κ2) is 6.14. The number of rotatable bonds is 2. The quantitative estimate of drug-likeness (QED) is 0.862. The van der Waals surface area contributed by atoms with Crippen LogP contribution in [0.4, 0.5) is 10.5 Å². The highest BCUT2D eigenvalue weighted by molar-refractivity contribution is 6.34. The van der Waals surface area contributed by atoms with Crippen molar-refractivity contribution < 1.29 is 9.59 Å². The zero-order valence-electron chi connectivity index (χ0n) is 12.4. The van der Waals surface area contributed by atoms with Crippen LogP contribution in [0.5, 0.6) is 0 Å². The molecule has 6 nitrogen and oxygen atoms in total. The van der Waals surface area contributed by atoms with Crippen LogP contribution < -0.4 is 15.5 Å². The first-order valence-corrected chi connectivity index (χ1v) is 7.82. The zero-order valence-corrected chi connectivity index (χ0v) is 13.2. The van der Waals surface area contributed by atoms with Gasteiger partial charge in [0, 0.05) is 44.5 Å². The predicted molar refractivity (Wildman–Crippen MR) is 85.6 cm³/mol. The van der Waals surface area contributed by atoms with Crippen molar-refractivity contribution >= 4 is 29.2 Å². The molecule has 0 unspecified atom stereocenters. The molecule has 0 spiro atoms. The molecule has 2 N–H and O–H groups in total. The fraction of sp³-hybridized carbons (Fsp3) is 0.467. The summed E-state index contributed by atoms with van der Waals surface area (Å²) in [5.74, 6) is -0.0829. The number of amides is 3. The Kier molecular flexibility index (Phi) is 4.22. The zero-order chi connectivity index (χ0) is 15.7. The average Bonchev–Trinajstić information content (AvgIpc) is 2.94. The van der Waals surface area contributed by atoms with E-state index in [0.717, 1.165) is 13.1 Å². The van der Waals surface area contributed by atoms with E-state index in [1.807, 2.05) is 11.8 Å². The van der Waals surface area contributed by atoms with Crippen molar-refractivity contribution in [3.63, 3.8) is 0 Å². The summed E-state index contributed by atoms with van der Waals surface area (Å²) in [4.78, 5) is 28.0. The molecule has 2 fully saturated rings. The topological polar surface area (TPSA) is 64.7 Å². The largest absolute Gasteiger partial charge is 0.336 e. The Labute approximate surface area is 134 Å². The number of nitrogens with one attached hydrogen (secondary N) is 2. The molecule has 2 heterocycles. The van der Waals surface area contributed by atoms with Gasteiger partial charge in [0.05, 0.1) is 10.6 Å². The number of hydrogen-bond acceptors (Lipinski definition) is 3. The lowest BCUT2D eigenvalue weighted by Gasteiger charge is -2.34. The van der Waals surface area contributed by atoms with Crippen LogP contribution in [0.1, 0.15) is 17.3 Å². The van der Waals surface area contributed by atoms with Gasteiger partial charge in [-0.2, -0.15) is 0 Å². The third-order valence-electron chi connectivity index (χ3n) is 4.11. The molecule has 3 amide bonds. The Morgan fingerprint density at radius 1 is 1.32 bits per heavy atom. The van der Waals surface area contributed by atoms with Gasteiger partial charge >= 0.3 is 6.03 Å². The van der Waals surface area contributed by atoms with E-state index in [9.17, 15) is 9.59 Å². The Bertz CT molecular complexity index is 607. The van der Waals surface area contributed by atoms with Gasteiger partial charge in [-0.15, -0.1) is 0 Å². The van der Waals surface area contributed by atoms with Gasteiger partial charge in [0.2, 0.25) is 0 Å². The van der Waals surface area contributed by atoms with Gasteiger partial charge in [-0.05, 0) is 25.1 Å². The first-order valence-electron chi connectivity index (χ1n) is 7.44. The minimum Gasteiger partial charge on any atom is -0.336 e. The first-order chi connectivity index (χ1) is 10.6. The molecule has 1 aromatic rings. The molecule has 2 aliphatic rings. The number of hydrogen-bond donors (Lipinski definition) is 2. The van der Waals surface area contributed by atoms with Gasteiger partial charge in [0.15, 0.2) is 0 Å². The highest BCUT2D eigenvalue weighted by atomic mass is 35.5. The van der Waals surface area contributed by atoms with Crippen LogP contribution in [0, 0.1) is 0 Å². The number of carbonyl (C=O) groups is 2. The predicted octanol–water partition coefficient (Wildman–Crippen LogP) is 1.30. The molecule has 2 saturated heterocycles. The van der Waals surface area contributed by atoms with Gasteiger partial charge < -0.3 is 15.5 Å². The molecule has 22 heavy (non-hydrogen) atoms. The van der Waals surface area contributed by atoms with Crippen molar-refractivity contribution in [1.29, 1.82) is 0 Å². The summed E-state index contributed by atoms with van der Waals surface area (Å²) in [7, 11) is 0. The summed E-state index contributed by atoms with van der Waals surface area (Å²) in [6, 6.07) is 5.14. The highest BCUT2D eigenvalue weighted by Crippen LogP contribution is 2.26. The Morgan fingerprint density at radius 3 is 2.82 bits per heavy atom. The molecule has 0 saturated carbocycles. The van der Waals surface area contributed by atoms with E-state index < -0.39 is 0 Å². The van der Waals surface area contributed by atoms with E-state index in [1.165, 1.54) is 0 Å². The Balaban J connectivity index is 1.89. The molecule has 1 atom stereocenters. The highest BCUT2D eigenvalue weighted by Gasteiger charge is 2.27. The number of nitrogens with zero attached hydrogens (tertiary/aromatic N) is 2. The molecule has 0 aromatic heterocycles. The summed E-state index contributed by atoms with van der Waals surface area (Å²) in [5.41, 5.74) is 1.15. The monoisotopic (exact) mass is 322 g/mol. The molecular formula is C15H19ClN4O2. The van der Waals surface area contributed by atoms with Crippen molar-refractivity contribution in [3.05, 3.63) is 28.8 Å².